The van der Waals surface area contributed by atoms with Crippen LogP contribution in [-0.4, -0.2) is 58.3 Å². The Balaban J connectivity index is 1.68. The van der Waals surface area contributed by atoms with E-state index in [0.717, 1.165) is 17.7 Å². The molecule has 0 saturated carbocycles. The molecule has 0 aliphatic carbocycles. The second kappa shape index (κ2) is 7.74. The van der Waals surface area contributed by atoms with E-state index in [0.29, 0.717) is 44.4 Å². The van der Waals surface area contributed by atoms with Crippen molar-refractivity contribution in [2.45, 2.75) is 13.5 Å². The van der Waals surface area contributed by atoms with E-state index < -0.39 is 0 Å². The van der Waals surface area contributed by atoms with Crippen LogP contribution < -0.4 is 5.32 Å². The molecule has 1 N–H and O–H groups in total. The minimum atomic E-state index is -0.126. The summed E-state index contributed by atoms with van der Waals surface area (Å²) in [5.74, 6) is 0.317. The molecule has 2 amide bonds. The molecule has 1 saturated heterocycles. The van der Waals surface area contributed by atoms with Gasteiger partial charge in [-0.2, -0.15) is 0 Å². The first-order valence-electron chi connectivity index (χ1n) is 8.28. The molecule has 2 heterocycles. The van der Waals surface area contributed by atoms with Gasteiger partial charge in [0.25, 0.3) is 5.91 Å². The number of carbonyl (C=O) groups excluding carboxylic acids is 2. The number of carbonyl (C=O) groups is 2. The molecule has 0 bridgehead atoms. The molecule has 0 atom stereocenters. The third kappa shape index (κ3) is 4.32. The minimum Gasteiger partial charge on any atom is -0.350 e. The standard InChI is InChI=1S/C18H21N5O2/c1-14-11-16(17(25)23-9-7-22(13-24)8-10-23)21-18(20-14)19-12-15-5-3-2-4-6-15/h2-6,11,13H,7-10,12H2,1H3,(H,19,20,21). The molecule has 3 rings (SSSR count). The summed E-state index contributed by atoms with van der Waals surface area (Å²) in [5.41, 5.74) is 2.23. The predicted octanol–water partition coefficient (Wildman–Crippen LogP) is 1.31. The maximum absolute atomic E-state index is 12.7. The number of amides is 2. The zero-order valence-electron chi connectivity index (χ0n) is 14.2. The van der Waals surface area contributed by atoms with Crippen molar-refractivity contribution in [1.82, 2.24) is 19.8 Å². The van der Waals surface area contributed by atoms with Crippen LogP contribution in [0.3, 0.4) is 0 Å². The SMILES string of the molecule is Cc1cc(C(=O)N2CCN(C=O)CC2)nc(NCc2ccccc2)n1. The first-order valence-corrected chi connectivity index (χ1v) is 8.28. The number of aryl methyl sites for hydroxylation is 1. The third-order valence-corrected chi connectivity index (χ3v) is 4.12. The summed E-state index contributed by atoms with van der Waals surface area (Å²) in [6.45, 7) is 4.59. The lowest BCUT2D eigenvalue weighted by atomic mass is 10.2. The normalized spacial score (nSPS) is 14.3. The van der Waals surface area contributed by atoms with Gasteiger partial charge in [0.2, 0.25) is 12.4 Å². The number of hydrogen-bond acceptors (Lipinski definition) is 5. The smallest absolute Gasteiger partial charge is 0.272 e. The molecule has 7 heteroatoms. The lowest BCUT2D eigenvalue weighted by molar-refractivity contribution is -0.119. The van der Waals surface area contributed by atoms with E-state index in [4.69, 9.17) is 0 Å². The summed E-state index contributed by atoms with van der Waals surface area (Å²) in [4.78, 5) is 35.6. The average molecular weight is 339 g/mol. The number of anilines is 1. The van der Waals surface area contributed by atoms with Gasteiger partial charge in [0.15, 0.2) is 0 Å². The van der Waals surface area contributed by atoms with Gasteiger partial charge >= 0.3 is 0 Å². The molecule has 25 heavy (non-hydrogen) atoms. The highest BCUT2D eigenvalue weighted by atomic mass is 16.2. The van der Waals surface area contributed by atoms with E-state index in [1.807, 2.05) is 37.3 Å². The van der Waals surface area contributed by atoms with Crippen LogP contribution in [0.4, 0.5) is 5.95 Å². The largest absolute Gasteiger partial charge is 0.350 e. The van der Waals surface area contributed by atoms with Crippen molar-refractivity contribution >= 4 is 18.3 Å². The lowest BCUT2D eigenvalue weighted by Gasteiger charge is -2.32. The van der Waals surface area contributed by atoms with Crippen LogP contribution >= 0.6 is 0 Å². The highest BCUT2D eigenvalue weighted by molar-refractivity contribution is 5.92. The fraction of sp³-hybridized carbons (Fsp3) is 0.333. The van der Waals surface area contributed by atoms with Gasteiger partial charge in [0, 0.05) is 38.4 Å². The van der Waals surface area contributed by atoms with Crippen LogP contribution in [0.2, 0.25) is 0 Å². The van der Waals surface area contributed by atoms with Crippen LogP contribution in [0.1, 0.15) is 21.7 Å². The molecule has 0 spiro atoms. The quantitative estimate of drug-likeness (QED) is 0.831. The number of nitrogens with zero attached hydrogens (tertiary/aromatic N) is 4. The van der Waals surface area contributed by atoms with Gasteiger partial charge in [-0.1, -0.05) is 30.3 Å². The fourth-order valence-electron chi connectivity index (χ4n) is 2.73. The monoisotopic (exact) mass is 339 g/mol. The molecule has 2 aromatic rings. The Labute approximate surface area is 146 Å². The average Bonchev–Trinajstić information content (AvgIpc) is 2.66. The summed E-state index contributed by atoms with van der Waals surface area (Å²) in [6.07, 6.45) is 0.822. The molecule has 7 nitrogen and oxygen atoms in total. The molecule has 1 fully saturated rings. The van der Waals surface area contributed by atoms with Gasteiger partial charge in [-0.25, -0.2) is 9.97 Å². The summed E-state index contributed by atoms with van der Waals surface area (Å²) in [7, 11) is 0. The van der Waals surface area contributed by atoms with E-state index in [-0.39, 0.29) is 5.91 Å². The molecule has 1 aliphatic heterocycles. The Morgan fingerprint density at radius 2 is 1.88 bits per heavy atom. The van der Waals surface area contributed by atoms with Crippen molar-refractivity contribution in [2.75, 3.05) is 31.5 Å². The van der Waals surface area contributed by atoms with Gasteiger partial charge in [0.1, 0.15) is 5.69 Å². The van der Waals surface area contributed by atoms with Crippen LogP contribution in [0.5, 0.6) is 0 Å². The topological polar surface area (TPSA) is 78.4 Å². The van der Waals surface area contributed by atoms with Crippen molar-refractivity contribution in [3.8, 4) is 0 Å². The number of aromatic nitrogens is 2. The number of benzene rings is 1. The Bertz CT molecular complexity index is 742. The Kier molecular flexibility index (Phi) is 5.23. The van der Waals surface area contributed by atoms with Crippen molar-refractivity contribution in [3.63, 3.8) is 0 Å². The first kappa shape index (κ1) is 16.9. The molecule has 0 radical (unpaired) electrons. The van der Waals surface area contributed by atoms with Crippen molar-refractivity contribution in [3.05, 3.63) is 53.3 Å². The van der Waals surface area contributed by atoms with E-state index in [9.17, 15) is 9.59 Å². The van der Waals surface area contributed by atoms with Crippen molar-refractivity contribution in [2.24, 2.45) is 0 Å². The predicted molar refractivity (Wildman–Crippen MR) is 94.1 cm³/mol. The Hall–Kier alpha value is -2.96. The second-order valence-corrected chi connectivity index (χ2v) is 5.99. The maximum atomic E-state index is 12.7. The molecule has 1 aromatic heterocycles. The summed E-state index contributed by atoms with van der Waals surface area (Å²) < 4.78 is 0. The van der Waals surface area contributed by atoms with Crippen LogP contribution in [0.25, 0.3) is 0 Å². The number of nitrogens with one attached hydrogen (secondary N) is 1. The van der Waals surface area contributed by atoms with Crippen LogP contribution in [0.15, 0.2) is 36.4 Å². The van der Waals surface area contributed by atoms with Crippen molar-refractivity contribution < 1.29 is 9.59 Å². The van der Waals surface area contributed by atoms with Gasteiger partial charge in [-0.15, -0.1) is 0 Å². The lowest BCUT2D eigenvalue weighted by Crippen LogP contribution is -2.48. The van der Waals surface area contributed by atoms with Gasteiger partial charge in [-0.3, -0.25) is 9.59 Å². The van der Waals surface area contributed by atoms with Crippen molar-refractivity contribution in [1.29, 1.82) is 0 Å². The number of rotatable bonds is 5. The van der Waals surface area contributed by atoms with E-state index >= 15 is 0 Å². The highest BCUT2D eigenvalue weighted by Crippen LogP contribution is 2.11. The zero-order chi connectivity index (χ0) is 17.6. The maximum Gasteiger partial charge on any atom is 0.272 e. The van der Waals surface area contributed by atoms with E-state index in [1.54, 1.807) is 15.9 Å². The minimum absolute atomic E-state index is 0.126. The molecule has 1 aromatic carbocycles. The fourth-order valence-corrected chi connectivity index (χ4v) is 2.73. The molecule has 1 aliphatic rings. The van der Waals surface area contributed by atoms with Crippen LogP contribution in [-0.2, 0) is 11.3 Å². The highest BCUT2D eigenvalue weighted by Gasteiger charge is 2.23. The second-order valence-electron chi connectivity index (χ2n) is 5.99. The van der Waals surface area contributed by atoms with Gasteiger partial charge < -0.3 is 15.1 Å². The first-order chi connectivity index (χ1) is 12.2. The van der Waals surface area contributed by atoms with Gasteiger partial charge in [-0.05, 0) is 18.6 Å². The number of hydrogen-bond donors (Lipinski definition) is 1. The molecular formula is C18H21N5O2. The summed E-state index contributed by atoms with van der Waals surface area (Å²) >= 11 is 0. The van der Waals surface area contributed by atoms with Gasteiger partial charge in [0.05, 0.1) is 0 Å². The molecule has 130 valence electrons. The Morgan fingerprint density at radius 1 is 1.16 bits per heavy atom. The van der Waals surface area contributed by atoms with E-state index in [1.165, 1.54) is 0 Å². The van der Waals surface area contributed by atoms with E-state index in [2.05, 4.69) is 15.3 Å². The zero-order valence-corrected chi connectivity index (χ0v) is 14.2. The molecular weight excluding hydrogens is 318 g/mol. The molecule has 0 unspecified atom stereocenters. The summed E-state index contributed by atoms with van der Waals surface area (Å²) in [6, 6.07) is 11.6. The third-order valence-electron chi connectivity index (χ3n) is 4.12. The summed E-state index contributed by atoms with van der Waals surface area (Å²) in [5, 5.41) is 3.17. The Morgan fingerprint density at radius 3 is 2.56 bits per heavy atom. The van der Waals surface area contributed by atoms with Crippen LogP contribution in [0, 0.1) is 6.92 Å². The number of piperazine rings is 1.